The molecule has 1 heterocycles. The smallest absolute Gasteiger partial charge is 0.306 e. The van der Waals surface area contributed by atoms with E-state index in [9.17, 15) is 9.59 Å². The molecule has 0 saturated carbocycles. The minimum atomic E-state index is -1.60. The summed E-state index contributed by atoms with van der Waals surface area (Å²) in [6.45, 7) is 5.97. The van der Waals surface area contributed by atoms with Crippen LogP contribution in [0.4, 0.5) is 0 Å². The highest BCUT2D eigenvalue weighted by Crippen LogP contribution is 2.44. The Morgan fingerprint density at radius 3 is 2.07 bits per heavy atom. The molecule has 5 rings (SSSR count). The fourth-order valence-corrected chi connectivity index (χ4v) is 6.11. The highest BCUT2D eigenvalue weighted by atomic mass is 16.6. The summed E-state index contributed by atoms with van der Waals surface area (Å²) in [6, 6.07) is 28.5. The van der Waals surface area contributed by atoms with Crippen molar-refractivity contribution in [3.63, 3.8) is 0 Å². The quantitative estimate of drug-likeness (QED) is 0.0637. The Hall–Kier alpha value is -5.59. The van der Waals surface area contributed by atoms with Crippen molar-refractivity contribution in [1.82, 2.24) is 10.9 Å². The van der Waals surface area contributed by atoms with Gasteiger partial charge in [0, 0.05) is 31.6 Å². The molecule has 3 N–H and O–H groups in total. The van der Waals surface area contributed by atoms with Gasteiger partial charge in [0.25, 0.3) is 5.91 Å². The molecule has 12 heteroatoms. The van der Waals surface area contributed by atoms with Gasteiger partial charge in [-0.3, -0.25) is 15.0 Å². The fourth-order valence-electron chi connectivity index (χ4n) is 6.11. The number of ether oxygens (including phenoxy) is 6. The van der Waals surface area contributed by atoms with Crippen LogP contribution in [-0.4, -0.2) is 68.6 Å². The van der Waals surface area contributed by atoms with E-state index >= 15 is 0 Å². The summed E-state index contributed by atoms with van der Waals surface area (Å²) in [6.07, 6.45) is -0.529. The molecule has 0 bridgehead atoms. The second-order valence-corrected chi connectivity index (χ2v) is 13.7. The molecular formula is C42H49N3O9. The van der Waals surface area contributed by atoms with Crippen LogP contribution in [0.2, 0.25) is 0 Å². The first-order chi connectivity index (χ1) is 26.0. The van der Waals surface area contributed by atoms with Crippen molar-refractivity contribution >= 4 is 17.8 Å². The number of carbonyl (C=O) groups excluding carboxylic acids is 2. The van der Waals surface area contributed by atoms with Gasteiger partial charge in [-0.05, 0) is 85.8 Å². The molecule has 12 nitrogen and oxygen atoms in total. The molecule has 1 aliphatic rings. The second kappa shape index (κ2) is 18.0. The van der Waals surface area contributed by atoms with Crippen LogP contribution in [-0.2, 0) is 25.6 Å². The van der Waals surface area contributed by atoms with Crippen LogP contribution < -0.4 is 29.8 Å². The molecule has 1 amide bonds. The van der Waals surface area contributed by atoms with Gasteiger partial charge in [0.1, 0.15) is 11.4 Å². The van der Waals surface area contributed by atoms with Gasteiger partial charge < -0.3 is 33.5 Å². The van der Waals surface area contributed by atoms with Crippen molar-refractivity contribution in [3.8, 4) is 34.1 Å². The number of rotatable bonds is 17. The van der Waals surface area contributed by atoms with Gasteiger partial charge in [0.2, 0.25) is 11.6 Å². The lowest BCUT2D eigenvalue weighted by atomic mass is 9.83. The first kappa shape index (κ1) is 39.6. The van der Waals surface area contributed by atoms with E-state index in [1.165, 1.54) is 21.3 Å². The van der Waals surface area contributed by atoms with Crippen LogP contribution in [0.5, 0.6) is 23.0 Å². The topological polar surface area (TPSA) is 146 Å². The van der Waals surface area contributed by atoms with E-state index < -0.39 is 29.1 Å². The molecule has 0 aliphatic carbocycles. The number of methoxy groups -OCH3 is 3. The Morgan fingerprint density at radius 1 is 0.852 bits per heavy atom. The van der Waals surface area contributed by atoms with Crippen LogP contribution in [0.25, 0.3) is 11.1 Å². The van der Waals surface area contributed by atoms with E-state index in [0.29, 0.717) is 47.2 Å². The van der Waals surface area contributed by atoms with Gasteiger partial charge in [0.05, 0.1) is 27.9 Å². The standard InChI is InChI=1S/C42H49N3O9/c1-41(2,3)54-36(47)21-22-42(40(48)45-43-27-28-25-34(49-4)37(51-6)35(26-28)50-5)38(31-15-13-30(14-16-31)29-11-8-7-9-12-29)53-39(44-42)32-17-19-33(20-18-32)52-24-10-23-46/h7-9,11-20,25-26,38,43,46H,10,21-24,27H2,1-6H3,(H,45,48)/t38-,42-/m0/s1. The second-order valence-electron chi connectivity index (χ2n) is 13.7. The Balaban J connectivity index is 1.51. The van der Waals surface area contributed by atoms with E-state index in [0.717, 1.165) is 16.7 Å². The number of hydrogen-bond acceptors (Lipinski definition) is 11. The SMILES string of the molecule is COc1cc(CNNC(=O)[C@@]2(CCC(=O)OC(C)(C)C)N=C(c3ccc(OCCCO)cc3)O[C@H]2c2ccc(-c3ccccc3)cc2)cc(OC)c1OC. The third-order valence-corrected chi connectivity index (χ3v) is 8.70. The van der Waals surface area contributed by atoms with E-state index in [2.05, 4.69) is 10.9 Å². The number of amides is 1. The van der Waals surface area contributed by atoms with Crippen molar-refractivity contribution in [3.05, 3.63) is 108 Å². The highest BCUT2D eigenvalue weighted by molar-refractivity contribution is 6.01. The molecule has 0 fully saturated rings. The van der Waals surface area contributed by atoms with Crippen molar-refractivity contribution < 1.29 is 43.1 Å². The lowest BCUT2D eigenvalue weighted by Gasteiger charge is -2.31. The van der Waals surface area contributed by atoms with Gasteiger partial charge in [0.15, 0.2) is 23.1 Å². The van der Waals surface area contributed by atoms with Crippen LogP contribution in [0.3, 0.4) is 0 Å². The number of benzene rings is 4. The monoisotopic (exact) mass is 739 g/mol. The molecule has 2 atom stereocenters. The number of hydrazine groups is 1. The lowest BCUT2D eigenvalue weighted by Crippen LogP contribution is -2.52. The maximum absolute atomic E-state index is 14.6. The predicted molar refractivity (Wildman–Crippen MR) is 205 cm³/mol. The summed E-state index contributed by atoms with van der Waals surface area (Å²) < 4.78 is 34.5. The van der Waals surface area contributed by atoms with Crippen molar-refractivity contribution in [2.75, 3.05) is 34.5 Å². The van der Waals surface area contributed by atoms with Crippen LogP contribution in [0.1, 0.15) is 62.8 Å². The van der Waals surface area contributed by atoms with Crippen LogP contribution >= 0.6 is 0 Å². The summed E-state index contributed by atoms with van der Waals surface area (Å²) in [5, 5.41) is 9.13. The zero-order valence-corrected chi connectivity index (χ0v) is 31.6. The molecule has 4 aromatic rings. The van der Waals surface area contributed by atoms with Crippen LogP contribution in [0.15, 0.2) is 96.0 Å². The van der Waals surface area contributed by atoms with Gasteiger partial charge in [-0.15, -0.1) is 0 Å². The third-order valence-electron chi connectivity index (χ3n) is 8.70. The Kier molecular flexibility index (Phi) is 13.2. The van der Waals surface area contributed by atoms with E-state index in [1.54, 1.807) is 57.2 Å². The van der Waals surface area contributed by atoms with Gasteiger partial charge in [-0.25, -0.2) is 10.4 Å². The average molecular weight is 740 g/mol. The Bertz CT molecular complexity index is 1870. The van der Waals surface area contributed by atoms with Gasteiger partial charge in [-0.1, -0.05) is 54.6 Å². The number of nitrogens with one attached hydrogen (secondary N) is 2. The molecule has 1 aliphatic heterocycles. The zero-order valence-electron chi connectivity index (χ0n) is 31.6. The molecular weight excluding hydrogens is 690 g/mol. The van der Waals surface area contributed by atoms with Gasteiger partial charge in [-0.2, -0.15) is 0 Å². The number of carbonyl (C=O) groups is 2. The van der Waals surface area contributed by atoms with E-state index in [1.807, 2.05) is 54.6 Å². The first-order valence-corrected chi connectivity index (χ1v) is 17.8. The molecule has 0 aromatic heterocycles. The number of esters is 1. The van der Waals surface area contributed by atoms with Gasteiger partial charge >= 0.3 is 5.97 Å². The minimum Gasteiger partial charge on any atom is -0.494 e. The summed E-state index contributed by atoms with van der Waals surface area (Å²) in [5.74, 6) is 1.26. The van der Waals surface area contributed by atoms with Crippen molar-refractivity contribution in [1.29, 1.82) is 0 Å². The summed E-state index contributed by atoms with van der Waals surface area (Å²) >= 11 is 0. The van der Waals surface area contributed by atoms with E-state index in [4.69, 9.17) is 38.5 Å². The molecule has 0 unspecified atom stereocenters. The zero-order chi connectivity index (χ0) is 38.7. The molecule has 0 saturated heterocycles. The minimum absolute atomic E-state index is 0.0173. The maximum atomic E-state index is 14.6. The predicted octanol–water partition coefficient (Wildman–Crippen LogP) is 6.34. The lowest BCUT2D eigenvalue weighted by molar-refractivity contribution is -0.155. The number of nitrogens with zero attached hydrogens (tertiary/aromatic N) is 1. The van der Waals surface area contributed by atoms with Crippen LogP contribution in [0, 0.1) is 0 Å². The van der Waals surface area contributed by atoms with Crippen molar-refractivity contribution in [2.45, 2.75) is 63.8 Å². The molecule has 4 aromatic carbocycles. The molecule has 0 radical (unpaired) electrons. The average Bonchev–Trinajstić information content (AvgIpc) is 3.57. The number of hydrogen-bond donors (Lipinski definition) is 3. The summed E-state index contributed by atoms with van der Waals surface area (Å²) in [7, 11) is 4.59. The Morgan fingerprint density at radius 2 is 1.48 bits per heavy atom. The normalized spacial score (nSPS) is 16.5. The fraction of sp³-hybridized carbons (Fsp3) is 0.357. The molecule has 286 valence electrons. The molecule has 54 heavy (non-hydrogen) atoms. The largest absolute Gasteiger partial charge is 0.494 e. The number of aliphatic imine (C=N–C) groups is 1. The van der Waals surface area contributed by atoms with E-state index in [-0.39, 0.29) is 31.9 Å². The first-order valence-electron chi connectivity index (χ1n) is 17.8. The maximum Gasteiger partial charge on any atom is 0.306 e. The Labute approximate surface area is 316 Å². The third kappa shape index (κ3) is 9.68. The summed E-state index contributed by atoms with van der Waals surface area (Å²) in [5.41, 5.74) is 7.66. The summed E-state index contributed by atoms with van der Waals surface area (Å²) in [4.78, 5) is 32.8. The van der Waals surface area contributed by atoms with Crippen molar-refractivity contribution in [2.24, 2.45) is 4.99 Å². The highest BCUT2D eigenvalue weighted by Gasteiger charge is 2.53. The molecule has 0 spiro atoms. The number of aliphatic hydroxyl groups is 1. The number of aliphatic hydroxyl groups excluding tert-OH is 1.